The Kier molecular flexibility index (Phi) is 4.82. The maximum atomic E-state index is 11.8. The molecule has 0 aliphatic carbocycles. The summed E-state index contributed by atoms with van der Waals surface area (Å²) in [5.41, 5.74) is 2.89. The van der Waals surface area contributed by atoms with Gasteiger partial charge in [0.1, 0.15) is 17.4 Å². The van der Waals surface area contributed by atoms with E-state index in [0.29, 0.717) is 6.42 Å². The monoisotopic (exact) mass is 352 g/mol. The number of nitrogens with zero attached hydrogens (tertiary/aromatic N) is 2. The summed E-state index contributed by atoms with van der Waals surface area (Å²) in [4.78, 5) is 19.1. The molecule has 2 aromatic heterocycles. The molecular weight excluding hydrogens is 336 g/mol. The van der Waals surface area contributed by atoms with Crippen molar-refractivity contribution in [3.05, 3.63) is 57.3 Å². The number of benzene rings is 1. The van der Waals surface area contributed by atoms with Crippen LogP contribution in [-0.2, 0) is 6.42 Å². The molecule has 25 heavy (non-hydrogen) atoms. The number of pyridine rings is 1. The van der Waals surface area contributed by atoms with Crippen LogP contribution in [0.1, 0.15) is 18.2 Å². The Bertz CT molecular complexity index is 984. The van der Waals surface area contributed by atoms with Crippen LogP contribution < -0.4 is 15.6 Å². The lowest BCUT2D eigenvalue weighted by Crippen LogP contribution is -2.13. The van der Waals surface area contributed by atoms with Gasteiger partial charge in [-0.1, -0.05) is 6.92 Å². The van der Waals surface area contributed by atoms with E-state index in [4.69, 9.17) is 10.00 Å². The Morgan fingerprint density at radius 3 is 2.76 bits per heavy atom. The van der Waals surface area contributed by atoms with Crippen LogP contribution in [0.15, 0.2) is 40.5 Å². The molecule has 3 rings (SSSR count). The molecule has 0 fully saturated rings. The summed E-state index contributed by atoms with van der Waals surface area (Å²) in [6, 6.07) is 11.1. The van der Waals surface area contributed by atoms with Crippen LogP contribution in [0.3, 0.4) is 0 Å². The zero-order chi connectivity index (χ0) is 17.8. The van der Waals surface area contributed by atoms with Crippen molar-refractivity contribution >= 4 is 22.2 Å². The van der Waals surface area contributed by atoms with Crippen molar-refractivity contribution in [2.45, 2.75) is 13.3 Å². The minimum Gasteiger partial charge on any atom is -0.497 e. The fourth-order valence-corrected chi connectivity index (χ4v) is 3.14. The van der Waals surface area contributed by atoms with Crippen LogP contribution in [0.5, 0.6) is 5.75 Å². The molecule has 126 valence electrons. The van der Waals surface area contributed by atoms with Crippen LogP contribution in [0, 0.1) is 11.3 Å². The normalized spacial score (nSPS) is 10.3. The molecular formula is C18H16N4O2S. The third-order valence-corrected chi connectivity index (χ3v) is 4.48. The van der Waals surface area contributed by atoms with Gasteiger partial charge in [0.2, 0.25) is 0 Å². The van der Waals surface area contributed by atoms with Gasteiger partial charge in [-0.25, -0.2) is 4.98 Å². The number of hydrogen-bond acceptors (Lipinski definition) is 6. The van der Waals surface area contributed by atoms with Gasteiger partial charge < -0.3 is 15.0 Å². The predicted molar refractivity (Wildman–Crippen MR) is 98.5 cm³/mol. The summed E-state index contributed by atoms with van der Waals surface area (Å²) in [5, 5.41) is 15.0. The highest BCUT2D eigenvalue weighted by Gasteiger charge is 2.12. The first-order valence-corrected chi connectivity index (χ1v) is 8.55. The first-order valence-electron chi connectivity index (χ1n) is 7.68. The molecule has 0 saturated heterocycles. The van der Waals surface area contributed by atoms with Crippen molar-refractivity contribution < 1.29 is 4.74 Å². The molecule has 7 heteroatoms. The molecule has 1 aromatic carbocycles. The van der Waals surface area contributed by atoms with Crippen LogP contribution in [0.4, 0.5) is 10.8 Å². The van der Waals surface area contributed by atoms with Gasteiger partial charge in [0.05, 0.1) is 12.8 Å². The highest BCUT2D eigenvalue weighted by Crippen LogP contribution is 2.29. The lowest BCUT2D eigenvalue weighted by molar-refractivity contribution is 0.415. The molecule has 2 heterocycles. The molecule has 0 radical (unpaired) electrons. The summed E-state index contributed by atoms with van der Waals surface area (Å²) in [7, 11) is 1.63. The molecule has 2 N–H and O–H groups in total. The molecule has 6 nitrogen and oxygen atoms in total. The molecule has 0 bridgehead atoms. The zero-order valence-electron chi connectivity index (χ0n) is 13.8. The second-order valence-corrected chi connectivity index (χ2v) is 6.12. The van der Waals surface area contributed by atoms with Crippen LogP contribution in [-0.4, -0.2) is 17.1 Å². The summed E-state index contributed by atoms with van der Waals surface area (Å²) in [5.74, 6) is 0.787. The SMILES string of the molecule is CCc1[nH]c(=O)c(C#N)cc1-c1csc(Nc2ccc(OC)cc2)n1. The highest BCUT2D eigenvalue weighted by molar-refractivity contribution is 7.14. The molecule has 3 aromatic rings. The number of anilines is 2. The van der Waals surface area contributed by atoms with Gasteiger partial charge in [0.15, 0.2) is 5.13 Å². The number of thiazole rings is 1. The van der Waals surface area contributed by atoms with E-state index in [-0.39, 0.29) is 11.1 Å². The van der Waals surface area contributed by atoms with Crippen molar-refractivity contribution in [2.24, 2.45) is 0 Å². The number of aromatic nitrogens is 2. The summed E-state index contributed by atoms with van der Waals surface area (Å²) < 4.78 is 5.14. The van der Waals surface area contributed by atoms with Crippen molar-refractivity contribution in [2.75, 3.05) is 12.4 Å². The smallest absolute Gasteiger partial charge is 0.266 e. The first kappa shape index (κ1) is 16.7. The molecule has 0 amide bonds. The second-order valence-electron chi connectivity index (χ2n) is 5.26. The number of methoxy groups -OCH3 is 1. The molecule has 0 saturated carbocycles. The van der Waals surface area contributed by atoms with Gasteiger partial charge in [0.25, 0.3) is 5.56 Å². The Morgan fingerprint density at radius 1 is 1.36 bits per heavy atom. The molecule has 0 aliphatic rings. The minimum absolute atomic E-state index is 0.0878. The van der Waals surface area contributed by atoms with Gasteiger partial charge in [0, 0.05) is 22.3 Å². The maximum absolute atomic E-state index is 11.8. The van der Waals surface area contributed by atoms with Crippen molar-refractivity contribution in [3.8, 4) is 23.1 Å². The van der Waals surface area contributed by atoms with Gasteiger partial charge in [-0.05, 0) is 36.8 Å². The number of H-pyrrole nitrogens is 1. The highest BCUT2D eigenvalue weighted by atomic mass is 32.1. The predicted octanol–water partition coefficient (Wildman–Crippen LogP) is 3.68. The van der Waals surface area contributed by atoms with E-state index in [2.05, 4.69) is 15.3 Å². The average Bonchev–Trinajstić information content (AvgIpc) is 3.10. The van der Waals surface area contributed by atoms with Crippen LogP contribution in [0.25, 0.3) is 11.3 Å². The number of nitriles is 1. The second kappa shape index (κ2) is 7.20. The number of aromatic amines is 1. The number of hydrogen-bond donors (Lipinski definition) is 2. The summed E-state index contributed by atoms with van der Waals surface area (Å²) in [6.07, 6.45) is 0.648. The quantitative estimate of drug-likeness (QED) is 0.731. The Hall–Kier alpha value is -3.11. The number of ether oxygens (including phenoxy) is 1. The van der Waals surface area contributed by atoms with E-state index in [1.54, 1.807) is 13.2 Å². The van der Waals surface area contributed by atoms with E-state index in [1.165, 1.54) is 11.3 Å². The standard InChI is InChI=1S/C18H16N4O2S/c1-3-15-14(8-11(9-19)17(23)21-15)16-10-25-18(22-16)20-12-4-6-13(24-2)7-5-12/h4-8,10H,3H2,1-2H3,(H,20,22)(H,21,23). The van der Waals surface area contributed by atoms with Crippen LogP contribution in [0.2, 0.25) is 0 Å². The fourth-order valence-electron chi connectivity index (χ4n) is 2.41. The van der Waals surface area contributed by atoms with Crippen molar-refractivity contribution in [1.82, 2.24) is 9.97 Å². The van der Waals surface area contributed by atoms with E-state index >= 15 is 0 Å². The third-order valence-electron chi connectivity index (χ3n) is 3.72. The molecule has 0 aliphatic heterocycles. The molecule has 0 spiro atoms. The molecule has 0 unspecified atom stereocenters. The maximum Gasteiger partial charge on any atom is 0.266 e. The summed E-state index contributed by atoms with van der Waals surface area (Å²) in [6.45, 7) is 1.95. The summed E-state index contributed by atoms with van der Waals surface area (Å²) >= 11 is 1.46. The van der Waals surface area contributed by atoms with Crippen LogP contribution >= 0.6 is 11.3 Å². The van der Waals surface area contributed by atoms with Gasteiger partial charge in [-0.2, -0.15) is 5.26 Å². The Balaban J connectivity index is 1.90. The lowest BCUT2D eigenvalue weighted by Gasteiger charge is -2.06. The Morgan fingerprint density at radius 2 is 2.12 bits per heavy atom. The first-order chi connectivity index (χ1) is 12.1. The number of nitrogens with one attached hydrogen (secondary N) is 2. The molecule has 0 atom stereocenters. The zero-order valence-corrected chi connectivity index (χ0v) is 14.6. The number of aryl methyl sites for hydroxylation is 1. The fraction of sp³-hybridized carbons (Fsp3) is 0.167. The topological polar surface area (TPSA) is 90.8 Å². The van der Waals surface area contributed by atoms with Crippen molar-refractivity contribution in [3.63, 3.8) is 0 Å². The van der Waals surface area contributed by atoms with E-state index < -0.39 is 0 Å². The van der Waals surface area contributed by atoms with Crippen molar-refractivity contribution in [1.29, 1.82) is 5.26 Å². The van der Waals surface area contributed by atoms with Gasteiger partial charge in [-0.3, -0.25) is 4.79 Å². The van der Waals surface area contributed by atoms with Gasteiger partial charge in [-0.15, -0.1) is 11.3 Å². The van der Waals surface area contributed by atoms with E-state index in [9.17, 15) is 4.79 Å². The van der Waals surface area contributed by atoms with E-state index in [1.807, 2.05) is 42.6 Å². The number of rotatable bonds is 5. The minimum atomic E-state index is -0.366. The van der Waals surface area contributed by atoms with Gasteiger partial charge >= 0.3 is 0 Å². The van der Waals surface area contributed by atoms with E-state index in [0.717, 1.165) is 33.5 Å². The Labute approximate surface area is 148 Å². The largest absolute Gasteiger partial charge is 0.497 e. The average molecular weight is 352 g/mol. The third kappa shape index (κ3) is 3.54. The lowest BCUT2D eigenvalue weighted by atomic mass is 10.1.